The van der Waals surface area contributed by atoms with E-state index in [-0.39, 0.29) is 0 Å². The molecule has 0 aromatic heterocycles. The summed E-state index contributed by atoms with van der Waals surface area (Å²) in [6.07, 6.45) is 2.54. The molecule has 1 saturated heterocycles. The van der Waals surface area contributed by atoms with E-state index in [9.17, 15) is 0 Å². The Bertz CT molecular complexity index is 405. The third kappa shape index (κ3) is 3.62. The van der Waals surface area contributed by atoms with E-state index in [0.29, 0.717) is 6.61 Å². The van der Waals surface area contributed by atoms with Crippen molar-refractivity contribution in [3.05, 3.63) is 23.3 Å². The Morgan fingerprint density at radius 3 is 2.10 bits per heavy atom. The second kappa shape index (κ2) is 7.47. The maximum Gasteiger partial charge on any atom is 0.127 e. The molecule has 0 aliphatic carbocycles. The van der Waals surface area contributed by atoms with Crippen molar-refractivity contribution in [2.75, 3.05) is 34.4 Å². The fraction of sp³-hybridized carbons (Fsp3) is 0.600. The van der Waals surface area contributed by atoms with Gasteiger partial charge >= 0.3 is 0 Å². The van der Waals surface area contributed by atoms with Crippen molar-refractivity contribution < 1.29 is 19.2 Å². The van der Waals surface area contributed by atoms with Gasteiger partial charge in [-0.1, -0.05) is 0 Å². The Labute approximate surface area is 120 Å². The molecule has 20 heavy (non-hydrogen) atoms. The number of hydrogen-bond acceptors (Lipinski definition) is 5. The van der Waals surface area contributed by atoms with Crippen molar-refractivity contribution in [3.63, 3.8) is 0 Å². The van der Waals surface area contributed by atoms with Gasteiger partial charge in [0.05, 0.1) is 26.9 Å². The first-order valence-corrected chi connectivity index (χ1v) is 6.90. The summed E-state index contributed by atoms with van der Waals surface area (Å²) in [4.78, 5) is 12.0. The highest BCUT2D eigenvalue weighted by Gasteiger charge is 2.18. The topological polar surface area (TPSA) is 40.2 Å². The fourth-order valence-electron chi connectivity index (χ4n) is 2.57. The van der Waals surface area contributed by atoms with E-state index in [0.717, 1.165) is 42.3 Å². The molecule has 0 spiro atoms. The van der Waals surface area contributed by atoms with E-state index in [1.807, 2.05) is 12.1 Å². The summed E-state index contributed by atoms with van der Waals surface area (Å²) in [7, 11) is 4.86. The van der Waals surface area contributed by atoms with Crippen LogP contribution in [0.25, 0.3) is 0 Å². The standard InChI is InChI=1S/C15H23NO4/c1-17-14-8-12(11-20-19-3)9-15(18-2)13(14)10-16-6-4-5-7-16/h8-9H,4-7,10-11H2,1-3H3. The molecule has 1 aliphatic rings. The van der Waals surface area contributed by atoms with Crippen LogP contribution in [0.15, 0.2) is 12.1 Å². The highest BCUT2D eigenvalue weighted by atomic mass is 17.2. The normalized spacial score (nSPS) is 15.6. The minimum Gasteiger partial charge on any atom is -0.496 e. The van der Waals surface area contributed by atoms with Gasteiger partial charge in [0.2, 0.25) is 0 Å². The number of hydrogen-bond donors (Lipinski definition) is 0. The Kier molecular flexibility index (Phi) is 5.64. The Morgan fingerprint density at radius 1 is 1.00 bits per heavy atom. The van der Waals surface area contributed by atoms with Crippen LogP contribution in [0.1, 0.15) is 24.0 Å². The molecule has 0 bridgehead atoms. The Hall–Kier alpha value is -1.30. The van der Waals surface area contributed by atoms with Gasteiger partial charge in [0.1, 0.15) is 18.1 Å². The minimum absolute atomic E-state index is 0.368. The largest absolute Gasteiger partial charge is 0.496 e. The highest BCUT2D eigenvalue weighted by Crippen LogP contribution is 2.32. The lowest BCUT2D eigenvalue weighted by atomic mass is 10.1. The molecule has 5 heteroatoms. The first kappa shape index (κ1) is 15.1. The van der Waals surface area contributed by atoms with Crippen LogP contribution in [0.4, 0.5) is 0 Å². The highest BCUT2D eigenvalue weighted by molar-refractivity contribution is 5.48. The van der Waals surface area contributed by atoms with Gasteiger partial charge in [0.25, 0.3) is 0 Å². The predicted octanol–water partition coefficient (Wildman–Crippen LogP) is 2.38. The van der Waals surface area contributed by atoms with E-state index in [1.165, 1.54) is 20.0 Å². The average molecular weight is 281 g/mol. The van der Waals surface area contributed by atoms with Gasteiger partial charge in [0, 0.05) is 6.54 Å². The molecule has 5 nitrogen and oxygen atoms in total. The molecule has 1 fully saturated rings. The molecule has 0 atom stereocenters. The zero-order chi connectivity index (χ0) is 14.4. The van der Waals surface area contributed by atoms with Gasteiger partial charge in [-0.25, -0.2) is 9.78 Å². The summed E-state index contributed by atoms with van der Waals surface area (Å²) in [5, 5.41) is 0. The third-order valence-corrected chi connectivity index (χ3v) is 3.59. The third-order valence-electron chi connectivity index (χ3n) is 3.59. The number of nitrogens with zero attached hydrogens (tertiary/aromatic N) is 1. The van der Waals surface area contributed by atoms with Crippen LogP contribution in [0, 0.1) is 0 Å². The van der Waals surface area contributed by atoms with Crippen molar-refractivity contribution in [1.82, 2.24) is 4.90 Å². The second-order valence-electron chi connectivity index (χ2n) is 4.89. The lowest BCUT2D eigenvalue weighted by Crippen LogP contribution is -2.19. The molecule has 0 radical (unpaired) electrons. The fourth-order valence-corrected chi connectivity index (χ4v) is 2.57. The SMILES string of the molecule is COOCc1cc(OC)c(CN2CCCC2)c(OC)c1. The van der Waals surface area contributed by atoms with Crippen molar-refractivity contribution in [2.45, 2.75) is 26.0 Å². The molecule has 1 aromatic carbocycles. The van der Waals surface area contributed by atoms with E-state index >= 15 is 0 Å². The van der Waals surface area contributed by atoms with Crippen molar-refractivity contribution in [1.29, 1.82) is 0 Å². The van der Waals surface area contributed by atoms with Gasteiger partial charge in [-0.2, -0.15) is 0 Å². The minimum atomic E-state index is 0.368. The van der Waals surface area contributed by atoms with Crippen LogP contribution in [0.5, 0.6) is 11.5 Å². The second-order valence-corrected chi connectivity index (χ2v) is 4.89. The molecule has 1 aromatic rings. The summed E-state index contributed by atoms with van der Waals surface area (Å²) in [6, 6.07) is 3.96. The van der Waals surface area contributed by atoms with Crippen LogP contribution in [0.2, 0.25) is 0 Å². The van der Waals surface area contributed by atoms with E-state index < -0.39 is 0 Å². The Balaban J connectivity index is 2.23. The number of ether oxygens (including phenoxy) is 2. The van der Waals surface area contributed by atoms with E-state index in [4.69, 9.17) is 14.4 Å². The molecular weight excluding hydrogens is 258 g/mol. The van der Waals surface area contributed by atoms with E-state index in [2.05, 4.69) is 9.79 Å². The average Bonchev–Trinajstić information content (AvgIpc) is 2.98. The number of benzene rings is 1. The maximum atomic E-state index is 5.52. The molecule has 1 heterocycles. The lowest BCUT2D eigenvalue weighted by Gasteiger charge is -2.20. The lowest BCUT2D eigenvalue weighted by molar-refractivity contribution is -0.282. The Morgan fingerprint density at radius 2 is 1.60 bits per heavy atom. The number of rotatable bonds is 7. The summed E-state index contributed by atoms with van der Waals surface area (Å²) < 4.78 is 11.0. The monoisotopic (exact) mass is 281 g/mol. The van der Waals surface area contributed by atoms with Crippen LogP contribution in [-0.4, -0.2) is 39.3 Å². The quantitative estimate of drug-likeness (QED) is 0.567. The molecule has 112 valence electrons. The van der Waals surface area contributed by atoms with Crippen LogP contribution in [-0.2, 0) is 22.9 Å². The summed E-state index contributed by atoms with van der Waals surface area (Å²) in [5.74, 6) is 1.68. The van der Waals surface area contributed by atoms with Crippen molar-refractivity contribution >= 4 is 0 Å². The molecule has 1 aliphatic heterocycles. The summed E-state index contributed by atoms with van der Waals surface area (Å²) in [6.45, 7) is 3.51. The smallest absolute Gasteiger partial charge is 0.127 e. The first-order valence-electron chi connectivity index (χ1n) is 6.90. The van der Waals surface area contributed by atoms with Crippen LogP contribution in [0.3, 0.4) is 0 Å². The molecule has 0 saturated carbocycles. The number of likely N-dealkylation sites (tertiary alicyclic amines) is 1. The van der Waals surface area contributed by atoms with Gasteiger partial charge in [-0.3, -0.25) is 4.90 Å². The molecule has 0 unspecified atom stereocenters. The van der Waals surface area contributed by atoms with Crippen molar-refractivity contribution in [3.8, 4) is 11.5 Å². The first-order chi connectivity index (χ1) is 9.78. The summed E-state index contributed by atoms with van der Waals surface area (Å²) in [5.41, 5.74) is 2.06. The van der Waals surface area contributed by atoms with Crippen molar-refractivity contribution in [2.24, 2.45) is 0 Å². The number of methoxy groups -OCH3 is 2. The van der Waals surface area contributed by atoms with Gasteiger partial charge in [0.15, 0.2) is 0 Å². The molecule has 0 amide bonds. The predicted molar refractivity (Wildman–Crippen MR) is 75.9 cm³/mol. The summed E-state index contributed by atoms with van der Waals surface area (Å²) >= 11 is 0. The van der Waals surface area contributed by atoms with Gasteiger partial charge in [-0.15, -0.1) is 0 Å². The zero-order valence-electron chi connectivity index (χ0n) is 12.5. The van der Waals surface area contributed by atoms with Gasteiger partial charge < -0.3 is 9.47 Å². The maximum absolute atomic E-state index is 5.52. The van der Waals surface area contributed by atoms with Crippen LogP contribution < -0.4 is 9.47 Å². The molecule has 0 N–H and O–H groups in total. The molecular formula is C15H23NO4. The van der Waals surface area contributed by atoms with Gasteiger partial charge in [-0.05, 0) is 43.6 Å². The molecule has 2 rings (SSSR count). The van der Waals surface area contributed by atoms with E-state index in [1.54, 1.807) is 14.2 Å². The van der Waals surface area contributed by atoms with Crippen LogP contribution >= 0.6 is 0 Å². The zero-order valence-corrected chi connectivity index (χ0v) is 12.5.